The lowest BCUT2D eigenvalue weighted by molar-refractivity contribution is 0.0701. The van der Waals surface area contributed by atoms with E-state index in [0.717, 1.165) is 33.5 Å². The minimum absolute atomic E-state index is 0.427. The minimum Gasteiger partial charge on any atom is -0.477 e. The van der Waals surface area contributed by atoms with Gasteiger partial charge in [0.05, 0.1) is 0 Å². The van der Waals surface area contributed by atoms with Gasteiger partial charge in [0, 0.05) is 28.2 Å². The molecule has 0 amide bonds. The summed E-state index contributed by atoms with van der Waals surface area (Å²) >= 11 is 1.32. The number of pyridine rings is 1. The molecule has 4 nitrogen and oxygen atoms in total. The zero-order valence-electron chi connectivity index (χ0n) is 10.3. The number of nitrogens with zero attached hydrogens (tertiary/aromatic N) is 1. The first-order valence-electron chi connectivity index (χ1n) is 5.99. The van der Waals surface area contributed by atoms with Crippen molar-refractivity contribution in [1.82, 2.24) is 9.97 Å². The third-order valence-corrected chi connectivity index (χ3v) is 4.30. The fourth-order valence-electron chi connectivity index (χ4n) is 2.16. The molecule has 0 aliphatic rings. The summed E-state index contributed by atoms with van der Waals surface area (Å²) in [7, 11) is 0. The van der Waals surface area contributed by atoms with Crippen molar-refractivity contribution < 1.29 is 9.90 Å². The van der Waals surface area contributed by atoms with Crippen molar-refractivity contribution >= 4 is 28.3 Å². The Kier molecular flexibility index (Phi) is 2.83. The topological polar surface area (TPSA) is 66.0 Å². The van der Waals surface area contributed by atoms with Gasteiger partial charge in [0.25, 0.3) is 0 Å². The number of hydrogen-bond donors (Lipinski definition) is 2. The minimum atomic E-state index is -0.855. The molecule has 96 valence electrons. The van der Waals surface area contributed by atoms with Crippen molar-refractivity contribution in [2.45, 2.75) is 13.3 Å². The van der Waals surface area contributed by atoms with Gasteiger partial charge in [0.1, 0.15) is 10.5 Å². The molecule has 3 heterocycles. The van der Waals surface area contributed by atoms with Crippen molar-refractivity contribution in [2.75, 3.05) is 0 Å². The van der Waals surface area contributed by atoms with Crippen molar-refractivity contribution in [3.8, 4) is 10.4 Å². The molecule has 3 rings (SSSR count). The smallest absolute Gasteiger partial charge is 0.346 e. The third-order valence-electron chi connectivity index (χ3n) is 3.10. The molecule has 0 aliphatic heterocycles. The van der Waals surface area contributed by atoms with Crippen LogP contribution in [0.5, 0.6) is 0 Å². The quantitative estimate of drug-likeness (QED) is 0.766. The number of rotatable bonds is 3. The molecule has 0 atom stereocenters. The molecular weight excluding hydrogens is 260 g/mol. The number of aromatic amines is 1. The molecule has 3 aromatic heterocycles. The van der Waals surface area contributed by atoms with Gasteiger partial charge in [-0.3, -0.25) is 0 Å². The maximum atomic E-state index is 11.2. The number of aromatic carboxylic acids is 1. The number of carbonyl (C=O) groups is 1. The number of aromatic nitrogens is 2. The summed E-state index contributed by atoms with van der Waals surface area (Å²) in [4.78, 5) is 20.0. The molecule has 0 aromatic carbocycles. The molecule has 0 radical (unpaired) electrons. The van der Waals surface area contributed by atoms with E-state index in [1.54, 1.807) is 6.20 Å². The summed E-state index contributed by atoms with van der Waals surface area (Å²) in [5.74, 6) is -0.855. The lowest BCUT2D eigenvalue weighted by Gasteiger charge is -1.93. The Morgan fingerprint density at radius 1 is 1.53 bits per heavy atom. The van der Waals surface area contributed by atoms with Crippen LogP contribution in [0.25, 0.3) is 21.5 Å². The highest BCUT2D eigenvalue weighted by Crippen LogP contribution is 2.35. The van der Waals surface area contributed by atoms with Crippen LogP contribution in [0.15, 0.2) is 30.6 Å². The van der Waals surface area contributed by atoms with Crippen molar-refractivity contribution in [1.29, 1.82) is 0 Å². The lowest BCUT2D eigenvalue weighted by atomic mass is 10.1. The van der Waals surface area contributed by atoms with E-state index in [0.29, 0.717) is 4.88 Å². The van der Waals surface area contributed by atoms with E-state index in [2.05, 4.69) is 9.97 Å². The monoisotopic (exact) mass is 272 g/mol. The van der Waals surface area contributed by atoms with Crippen LogP contribution < -0.4 is 0 Å². The Labute approximate surface area is 113 Å². The van der Waals surface area contributed by atoms with E-state index in [9.17, 15) is 9.90 Å². The van der Waals surface area contributed by atoms with E-state index in [1.165, 1.54) is 11.3 Å². The van der Waals surface area contributed by atoms with Crippen LogP contribution in [0.2, 0.25) is 0 Å². The maximum absolute atomic E-state index is 11.2. The Balaban J connectivity index is 2.19. The number of carboxylic acids is 1. The van der Waals surface area contributed by atoms with Gasteiger partial charge in [0.2, 0.25) is 0 Å². The van der Waals surface area contributed by atoms with Crippen LogP contribution in [-0.2, 0) is 6.42 Å². The summed E-state index contributed by atoms with van der Waals surface area (Å²) in [6, 6.07) is 5.83. The van der Waals surface area contributed by atoms with E-state index < -0.39 is 5.97 Å². The number of fused-ring (bicyclic) bond motifs is 1. The van der Waals surface area contributed by atoms with E-state index in [1.807, 2.05) is 31.3 Å². The zero-order valence-corrected chi connectivity index (χ0v) is 11.1. The average Bonchev–Trinajstić information content (AvgIpc) is 3.01. The summed E-state index contributed by atoms with van der Waals surface area (Å²) in [6.07, 6.45) is 4.34. The van der Waals surface area contributed by atoms with Gasteiger partial charge >= 0.3 is 5.97 Å². The Bertz CT molecular complexity index is 758. The van der Waals surface area contributed by atoms with Gasteiger partial charge in [0.15, 0.2) is 0 Å². The van der Waals surface area contributed by atoms with Gasteiger partial charge in [-0.25, -0.2) is 9.78 Å². The Morgan fingerprint density at radius 2 is 2.37 bits per heavy atom. The second-order valence-corrected chi connectivity index (χ2v) is 5.28. The van der Waals surface area contributed by atoms with Crippen LogP contribution in [-0.4, -0.2) is 21.0 Å². The van der Waals surface area contributed by atoms with E-state index in [-0.39, 0.29) is 0 Å². The number of aryl methyl sites for hydroxylation is 1. The van der Waals surface area contributed by atoms with Crippen molar-refractivity contribution in [3.63, 3.8) is 0 Å². The van der Waals surface area contributed by atoms with Gasteiger partial charge < -0.3 is 10.1 Å². The molecule has 0 bridgehead atoms. The predicted molar refractivity (Wildman–Crippen MR) is 75.7 cm³/mol. The Morgan fingerprint density at radius 3 is 3.05 bits per heavy atom. The highest BCUT2D eigenvalue weighted by Gasteiger charge is 2.16. The van der Waals surface area contributed by atoms with Crippen LogP contribution in [0.4, 0.5) is 0 Å². The number of thiophene rings is 1. The molecule has 5 heteroatoms. The summed E-state index contributed by atoms with van der Waals surface area (Å²) in [5.41, 5.74) is 2.71. The predicted octanol–water partition coefficient (Wildman–Crippen LogP) is 3.55. The second-order valence-electron chi connectivity index (χ2n) is 4.23. The average molecular weight is 272 g/mol. The first kappa shape index (κ1) is 11.9. The van der Waals surface area contributed by atoms with Crippen LogP contribution in [0.3, 0.4) is 0 Å². The third kappa shape index (κ3) is 1.92. The molecular formula is C14H12N2O2S. The van der Waals surface area contributed by atoms with Crippen LogP contribution in [0.1, 0.15) is 22.2 Å². The van der Waals surface area contributed by atoms with Crippen LogP contribution in [0, 0.1) is 0 Å². The molecule has 0 unspecified atom stereocenters. The number of H-pyrrole nitrogens is 1. The van der Waals surface area contributed by atoms with Crippen molar-refractivity contribution in [2.24, 2.45) is 0 Å². The molecule has 0 saturated carbocycles. The fourth-order valence-corrected chi connectivity index (χ4v) is 3.29. The highest BCUT2D eigenvalue weighted by molar-refractivity contribution is 7.17. The normalized spacial score (nSPS) is 11.0. The van der Waals surface area contributed by atoms with Gasteiger partial charge in [-0.05, 0) is 30.2 Å². The number of hydrogen-bond acceptors (Lipinski definition) is 3. The Hall–Kier alpha value is -2.14. The lowest BCUT2D eigenvalue weighted by Crippen LogP contribution is -1.95. The number of carboxylic acid groups (broad SMARTS) is 1. The summed E-state index contributed by atoms with van der Waals surface area (Å²) in [6.45, 7) is 1.97. The molecule has 19 heavy (non-hydrogen) atoms. The van der Waals surface area contributed by atoms with Gasteiger partial charge in [-0.15, -0.1) is 11.3 Å². The molecule has 3 aromatic rings. The molecule has 0 saturated heterocycles. The second kappa shape index (κ2) is 4.51. The molecule has 0 aliphatic carbocycles. The zero-order chi connectivity index (χ0) is 13.4. The summed E-state index contributed by atoms with van der Waals surface area (Å²) in [5, 5.41) is 10.2. The van der Waals surface area contributed by atoms with Crippen LogP contribution >= 0.6 is 11.3 Å². The van der Waals surface area contributed by atoms with Gasteiger partial charge in [-0.1, -0.05) is 6.92 Å². The molecule has 0 spiro atoms. The van der Waals surface area contributed by atoms with Crippen molar-refractivity contribution in [3.05, 3.63) is 41.0 Å². The summed E-state index contributed by atoms with van der Waals surface area (Å²) < 4.78 is 0. The van der Waals surface area contributed by atoms with E-state index in [4.69, 9.17) is 0 Å². The standard InChI is InChI=1S/C14H12N2O2S/c1-2-8-6-11(19-12(8)14(17)18)10-7-16-13-9(10)4-3-5-15-13/h3-7H,2H2,1H3,(H,15,16)(H,17,18). The van der Waals surface area contributed by atoms with E-state index >= 15 is 0 Å². The molecule has 2 N–H and O–H groups in total. The van der Waals surface area contributed by atoms with Gasteiger partial charge in [-0.2, -0.15) is 0 Å². The maximum Gasteiger partial charge on any atom is 0.346 e. The SMILES string of the molecule is CCc1cc(-c2c[nH]c3ncccc23)sc1C(=O)O. The fraction of sp³-hybridized carbons (Fsp3) is 0.143. The highest BCUT2D eigenvalue weighted by atomic mass is 32.1. The molecule has 0 fully saturated rings. The first-order chi connectivity index (χ1) is 9.20. The largest absolute Gasteiger partial charge is 0.477 e. The first-order valence-corrected chi connectivity index (χ1v) is 6.80. The number of nitrogens with one attached hydrogen (secondary N) is 1.